The summed E-state index contributed by atoms with van der Waals surface area (Å²) in [7, 11) is 0. The molecule has 2 aromatic carbocycles. The SMILES string of the molecule is CCc1ccc2[nH]c(=O)c([C@@H](c3nnnn3C[C@@H]3CCCO3)N3CCN(c4ccccc4F)CC3)cc2c1. The summed E-state index contributed by atoms with van der Waals surface area (Å²) in [4.78, 5) is 20.9. The van der Waals surface area contributed by atoms with Gasteiger partial charge in [0.05, 0.1) is 18.3 Å². The summed E-state index contributed by atoms with van der Waals surface area (Å²) in [6.07, 6.45) is 2.94. The highest BCUT2D eigenvalue weighted by Crippen LogP contribution is 2.30. The quantitative estimate of drug-likeness (QED) is 0.402. The number of para-hydroxylation sites is 1. The number of tetrazole rings is 1. The number of nitrogens with zero attached hydrogens (tertiary/aromatic N) is 6. The molecule has 10 heteroatoms. The number of fused-ring (bicyclic) bond motifs is 1. The van der Waals surface area contributed by atoms with Crippen molar-refractivity contribution in [3.63, 3.8) is 0 Å². The van der Waals surface area contributed by atoms with E-state index in [-0.39, 0.29) is 17.5 Å². The van der Waals surface area contributed by atoms with Crippen LogP contribution in [0.3, 0.4) is 0 Å². The molecule has 2 fully saturated rings. The van der Waals surface area contributed by atoms with E-state index in [0.29, 0.717) is 49.8 Å². The third-order valence-electron chi connectivity index (χ3n) is 7.72. The standard InChI is InChI=1S/C28H32FN7O2/c1-2-19-9-10-24-20(16-19)17-22(28(37)30-24)26(27-31-32-33-36(27)18-21-6-5-15-38-21)35-13-11-34(12-14-35)25-8-4-3-7-23(25)29/h3-4,7-10,16-17,21,26H,2,5-6,11-15,18H2,1H3,(H,30,37)/t21-,26-/m0/s1. The van der Waals surface area contributed by atoms with Crippen molar-refractivity contribution in [3.8, 4) is 0 Å². The Morgan fingerprint density at radius 1 is 1.13 bits per heavy atom. The minimum absolute atomic E-state index is 0.0535. The van der Waals surface area contributed by atoms with Crippen LogP contribution < -0.4 is 10.5 Å². The average Bonchev–Trinajstić information content (AvgIpc) is 3.62. The predicted octanol–water partition coefficient (Wildman–Crippen LogP) is 3.31. The highest BCUT2D eigenvalue weighted by molar-refractivity contribution is 5.80. The molecule has 198 valence electrons. The molecular weight excluding hydrogens is 485 g/mol. The van der Waals surface area contributed by atoms with E-state index in [9.17, 15) is 9.18 Å². The first-order valence-electron chi connectivity index (χ1n) is 13.4. The highest BCUT2D eigenvalue weighted by Gasteiger charge is 2.34. The van der Waals surface area contributed by atoms with E-state index in [0.717, 1.165) is 36.8 Å². The summed E-state index contributed by atoms with van der Waals surface area (Å²) in [6, 6.07) is 14.5. The van der Waals surface area contributed by atoms with Crippen LogP contribution in [0, 0.1) is 5.82 Å². The molecule has 38 heavy (non-hydrogen) atoms. The van der Waals surface area contributed by atoms with Gasteiger partial charge in [0, 0.05) is 43.9 Å². The van der Waals surface area contributed by atoms with E-state index < -0.39 is 6.04 Å². The Balaban J connectivity index is 1.38. The van der Waals surface area contributed by atoms with Crippen LogP contribution in [0.5, 0.6) is 0 Å². The third-order valence-corrected chi connectivity index (χ3v) is 7.72. The van der Waals surface area contributed by atoms with Gasteiger partial charge in [-0.1, -0.05) is 25.1 Å². The van der Waals surface area contributed by atoms with E-state index in [2.05, 4.69) is 43.3 Å². The monoisotopic (exact) mass is 517 g/mol. The van der Waals surface area contributed by atoms with Crippen LogP contribution >= 0.6 is 0 Å². The number of aryl methyl sites for hydroxylation is 1. The van der Waals surface area contributed by atoms with Crippen LogP contribution in [0.25, 0.3) is 10.9 Å². The fraction of sp³-hybridized carbons (Fsp3) is 0.429. The van der Waals surface area contributed by atoms with Crippen molar-refractivity contribution in [2.75, 3.05) is 37.7 Å². The molecule has 0 bridgehead atoms. The van der Waals surface area contributed by atoms with Crippen molar-refractivity contribution in [3.05, 3.63) is 81.7 Å². The fourth-order valence-electron chi connectivity index (χ4n) is 5.64. The first kappa shape index (κ1) is 24.7. The fourth-order valence-corrected chi connectivity index (χ4v) is 5.64. The number of aromatic nitrogens is 5. The maximum atomic E-state index is 14.5. The Morgan fingerprint density at radius 2 is 1.97 bits per heavy atom. The van der Waals surface area contributed by atoms with E-state index in [1.54, 1.807) is 10.7 Å². The smallest absolute Gasteiger partial charge is 0.253 e. The van der Waals surface area contributed by atoms with Crippen LogP contribution in [0.1, 0.15) is 42.8 Å². The van der Waals surface area contributed by atoms with Crippen molar-refractivity contribution < 1.29 is 9.13 Å². The second kappa shape index (κ2) is 10.6. The number of hydrogen-bond donors (Lipinski definition) is 1. The number of benzene rings is 2. The van der Waals surface area contributed by atoms with Crippen molar-refractivity contribution >= 4 is 16.6 Å². The van der Waals surface area contributed by atoms with Crippen molar-refractivity contribution in [1.29, 1.82) is 0 Å². The van der Waals surface area contributed by atoms with Crippen LogP contribution in [0.2, 0.25) is 0 Å². The van der Waals surface area contributed by atoms with Crippen molar-refractivity contribution in [2.45, 2.75) is 44.9 Å². The van der Waals surface area contributed by atoms with Gasteiger partial charge in [-0.15, -0.1) is 5.10 Å². The molecule has 0 amide bonds. The molecule has 4 heterocycles. The van der Waals surface area contributed by atoms with Crippen LogP contribution in [-0.2, 0) is 17.7 Å². The van der Waals surface area contributed by atoms with Gasteiger partial charge in [0.2, 0.25) is 0 Å². The maximum Gasteiger partial charge on any atom is 0.253 e. The molecule has 0 unspecified atom stereocenters. The summed E-state index contributed by atoms with van der Waals surface area (Å²) in [5.41, 5.74) is 3.05. The normalized spacial score (nSPS) is 19.3. The summed E-state index contributed by atoms with van der Waals surface area (Å²) in [5, 5.41) is 13.7. The summed E-state index contributed by atoms with van der Waals surface area (Å²) < 4.78 is 22.1. The number of anilines is 1. The summed E-state index contributed by atoms with van der Waals surface area (Å²) >= 11 is 0. The zero-order valence-corrected chi connectivity index (χ0v) is 21.5. The Morgan fingerprint density at radius 3 is 2.74 bits per heavy atom. The molecule has 2 aliphatic rings. The molecule has 0 radical (unpaired) electrons. The Labute approximate surface area is 220 Å². The Hall–Kier alpha value is -3.63. The number of rotatable bonds is 7. The zero-order valence-electron chi connectivity index (χ0n) is 21.5. The van der Waals surface area contributed by atoms with E-state index in [1.807, 2.05) is 30.3 Å². The number of pyridine rings is 1. The molecule has 2 saturated heterocycles. The molecule has 0 spiro atoms. The van der Waals surface area contributed by atoms with E-state index >= 15 is 0 Å². The minimum atomic E-state index is -0.451. The van der Waals surface area contributed by atoms with Gasteiger partial charge in [0.25, 0.3) is 5.56 Å². The molecule has 2 atom stereocenters. The average molecular weight is 518 g/mol. The molecule has 2 aliphatic heterocycles. The maximum absolute atomic E-state index is 14.5. The predicted molar refractivity (Wildman–Crippen MR) is 143 cm³/mol. The van der Waals surface area contributed by atoms with E-state index in [4.69, 9.17) is 4.74 Å². The number of piperazine rings is 1. The van der Waals surface area contributed by atoms with Crippen LogP contribution in [0.15, 0.2) is 53.3 Å². The van der Waals surface area contributed by atoms with Gasteiger partial charge in [-0.05, 0) is 71.0 Å². The van der Waals surface area contributed by atoms with Gasteiger partial charge >= 0.3 is 0 Å². The van der Waals surface area contributed by atoms with Gasteiger partial charge < -0.3 is 14.6 Å². The molecule has 2 aromatic heterocycles. The topological polar surface area (TPSA) is 92.2 Å². The molecule has 0 saturated carbocycles. The Bertz CT molecular complexity index is 1470. The van der Waals surface area contributed by atoms with Crippen LogP contribution in [-0.4, -0.2) is 69.0 Å². The lowest BCUT2D eigenvalue weighted by molar-refractivity contribution is 0.0906. The number of aromatic amines is 1. The largest absolute Gasteiger partial charge is 0.376 e. The van der Waals surface area contributed by atoms with Gasteiger partial charge in [-0.25, -0.2) is 9.07 Å². The molecule has 0 aliphatic carbocycles. The highest BCUT2D eigenvalue weighted by atomic mass is 19.1. The van der Waals surface area contributed by atoms with Gasteiger partial charge in [-0.3, -0.25) is 9.69 Å². The van der Waals surface area contributed by atoms with Gasteiger partial charge in [0.15, 0.2) is 5.82 Å². The lowest BCUT2D eigenvalue weighted by atomic mass is 10.0. The number of halogens is 1. The number of H-pyrrole nitrogens is 1. The molecule has 9 nitrogen and oxygen atoms in total. The molecule has 4 aromatic rings. The molecule has 6 rings (SSSR count). The van der Waals surface area contributed by atoms with Gasteiger partial charge in [0.1, 0.15) is 11.9 Å². The van der Waals surface area contributed by atoms with Crippen LogP contribution in [0.4, 0.5) is 10.1 Å². The zero-order chi connectivity index (χ0) is 26.1. The van der Waals surface area contributed by atoms with Crippen molar-refractivity contribution in [1.82, 2.24) is 30.1 Å². The minimum Gasteiger partial charge on any atom is -0.376 e. The number of hydrogen-bond acceptors (Lipinski definition) is 7. The molecule has 1 N–H and O–H groups in total. The first-order valence-corrected chi connectivity index (χ1v) is 13.4. The lowest BCUT2D eigenvalue weighted by Crippen LogP contribution is -2.49. The summed E-state index contributed by atoms with van der Waals surface area (Å²) in [6.45, 7) is 5.89. The van der Waals surface area contributed by atoms with E-state index in [1.165, 1.54) is 11.6 Å². The second-order valence-corrected chi connectivity index (χ2v) is 10.1. The number of nitrogens with one attached hydrogen (secondary N) is 1. The molecular formula is C28H32FN7O2. The number of ether oxygens (including phenoxy) is 1. The second-order valence-electron chi connectivity index (χ2n) is 10.1. The first-order chi connectivity index (χ1) is 18.6. The Kier molecular flexibility index (Phi) is 6.90. The summed E-state index contributed by atoms with van der Waals surface area (Å²) in [5.74, 6) is 0.395. The van der Waals surface area contributed by atoms with Crippen molar-refractivity contribution in [2.24, 2.45) is 0 Å². The lowest BCUT2D eigenvalue weighted by Gasteiger charge is -2.39. The van der Waals surface area contributed by atoms with Gasteiger partial charge in [-0.2, -0.15) is 0 Å². The third kappa shape index (κ3) is 4.81.